The minimum atomic E-state index is -2.55. The molecule has 8 aromatic carbocycles. The van der Waals surface area contributed by atoms with Crippen LogP contribution in [-0.4, -0.2) is 152 Å². The molecular weight excluding hydrogens is 1800 g/mol. The van der Waals surface area contributed by atoms with Gasteiger partial charge in [-0.05, 0) is 122 Å². The van der Waals surface area contributed by atoms with Gasteiger partial charge in [-0.15, -0.1) is 0 Å². The van der Waals surface area contributed by atoms with Crippen LogP contribution in [0.25, 0.3) is 67.9 Å². The van der Waals surface area contributed by atoms with Gasteiger partial charge in [-0.3, -0.25) is 47.9 Å². The van der Waals surface area contributed by atoms with Gasteiger partial charge in [0.05, 0.1) is 24.8 Å². The van der Waals surface area contributed by atoms with Crippen LogP contribution in [0.4, 0.5) is 13.2 Å². The molecule has 0 aliphatic carbocycles. The summed E-state index contributed by atoms with van der Waals surface area (Å²) >= 11 is 0. The highest BCUT2D eigenvalue weighted by Crippen LogP contribution is 2.31. The lowest BCUT2D eigenvalue weighted by molar-refractivity contribution is -0.138. The molecule has 0 unspecified atom stereocenters. The third-order valence-corrected chi connectivity index (χ3v) is 22.8. The van der Waals surface area contributed by atoms with Crippen LogP contribution in [0.3, 0.4) is 0 Å². The molecule has 0 radical (unpaired) electrons. The Morgan fingerprint density at radius 2 is 0.660 bits per heavy atom. The monoisotopic (exact) mass is 1920 g/mol. The number of carbonyl (C=O) groups is 10. The second-order valence-electron chi connectivity index (χ2n) is 36.9. The molecule has 4 heterocycles. The Balaban J connectivity index is 0.000000218. The van der Waals surface area contributed by atoms with Gasteiger partial charge in [-0.1, -0.05) is 259 Å². The van der Waals surface area contributed by atoms with Crippen molar-refractivity contribution in [1.82, 2.24) is 71.9 Å². The van der Waals surface area contributed by atoms with Crippen molar-refractivity contribution in [3.63, 3.8) is 0 Å². The highest BCUT2D eigenvalue weighted by molar-refractivity contribution is 6.00. The van der Waals surface area contributed by atoms with Gasteiger partial charge in [0.25, 0.3) is 23.6 Å². The summed E-state index contributed by atoms with van der Waals surface area (Å²) in [6, 6.07) is 52.1. The van der Waals surface area contributed by atoms with Gasteiger partial charge in [0.2, 0.25) is 17.7 Å². The van der Waals surface area contributed by atoms with E-state index in [1.165, 1.54) is 25.0 Å². The van der Waals surface area contributed by atoms with Gasteiger partial charge in [0.15, 0.2) is 29.1 Å². The topological polar surface area (TPSA) is 429 Å². The van der Waals surface area contributed by atoms with E-state index in [0.717, 1.165) is 94.2 Å². The van der Waals surface area contributed by atoms with Gasteiger partial charge in [-0.2, -0.15) is 18.2 Å². The molecule has 0 aliphatic rings. The SMILES string of the molecule is CC(C)(C)c1ccc(C(=O)N[C@@H](Cc2ccc(-c3ncc(-c4ccc(OC(F)=C(F)F)cc4)cn3)cc2)C(=O)NCCC(=O)O)cc1.CCCCCC(=O)c1ccc(-c2cnc(-c3ccc(C[C@H](NC(=O)c4ccc(C(C)(C)C)cc4)C(=O)NCCC(=O)O)cc3)nc2)cc1.CCCCCCc1noc(-c2cnc(-c3ccc(C[C@H](NC(=O)c4ccc(C(C)(C)C)cc4)C(=O)NCCC(=O)O)cc3)nc2)n1. The fraction of sp³-hybridized carbons (Fsp3) is 0.321. The van der Waals surface area contributed by atoms with E-state index >= 15 is 0 Å². The number of aliphatic carboxylic acids is 3. The zero-order chi connectivity index (χ0) is 102. The number of nitrogens with zero attached hydrogens (tertiary/aromatic N) is 8. The normalized spacial score (nSPS) is 11.8. The Kier molecular flexibility index (Phi) is 39.4. The molecule has 12 aromatic rings. The average molecular weight is 1920 g/mol. The lowest BCUT2D eigenvalue weighted by Gasteiger charge is -2.20. The molecule has 0 fully saturated rings. The number of unbranched alkanes of at least 4 members (excludes halogenated alkanes) is 5. The molecule has 29 nitrogen and oxygen atoms in total. The number of hydrogen-bond acceptors (Lipinski definition) is 20. The molecular formula is C109H119F3N14O15. The first-order valence-electron chi connectivity index (χ1n) is 46.7. The summed E-state index contributed by atoms with van der Waals surface area (Å²) in [5, 5.41) is 47.2. The highest BCUT2D eigenvalue weighted by Gasteiger charge is 2.29. The maximum absolute atomic E-state index is 13.1. The summed E-state index contributed by atoms with van der Waals surface area (Å²) < 4.78 is 47.4. The van der Waals surface area contributed by atoms with Gasteiger partial charge >= 0.3 is 30.0 Å². The summed E-state index contributed by atoms with van der Waals surface area (Å²) in [6.07, 6.45) is 16.1. The number of ether oxygens (including phenoxy) is 1. The van der Waals surface area contributed by atoms with Gasteiger partial charge in [0, 0.05) is 139 Å². The van der Waals surface area contributed by atoms with E-state index in [9.17, 15) is 61.1 Å². The minimum absolute atomic E-state index is 0.0447. The minimum Gasteiger partial charge on any atom is -0.481 e. The molecule has 12 rings (SSSR count). The number of hydrogen-bond donors (Lipinski definition) is 9. The number of carbonyl (C=O) groups excluding carboxylic acids is 7. The van der Waals surface area contributed by atoms with Crippen molar-refractivity contribution in [3.05, 3.63) is 305 Å². The van der Waals surface area contributed by atoms with Crippen molar-refractivity contribution in [2.45, 2.75) is 207 Å². The number of nitrogens with one attached hydrogen (secondary N) is 6. The molecule has 9 N–H and O–H groups in total. The fourth-order valence-electron chi connectivity index (χ4n) is 14.5. The summed E-state index contributed by atoms with van der Waals surface area (Å²) in [5.41, 5.74) is 13.2. The number of benzene rings is 8. The molecule has 0 aliphatic heterocycles. The first-order valence-corrected chi connectivity index (χ1v) is 46.7. The van der Waals surface area contributed by atoms with Gasteiger partial charge in [-0.25, -0.2) is 29.9 Å². The average Bonchev–Trinajstić information content (AvgIpc) is 1.05. The van der Waals surface area contributed by atoms with Gasteiger partial charge in [0.1, 0.15) is 23.9 Å². The van der Waals surface area contributed by atoms with Crippen LogP contribution in [0.2, 0.25) is 0 Å². The first kappa shape index (κ1) is 107. The molecule has 4 aromatic heterocycles. The van der Waals surface area contributed by atoms with Crippen molar-refractivity contribution in [2.75, 3.05) is 19.6 Å². The van der Waals surface area contributed by atoms with E-state index in [0.29, 0.717) is 80.1 Å². The number of carboxylic acids is 3. The Hall–Kier alpha value is -15.6. The number of aromatic nitrogens is 8. The van der Waals surface area contributed by atoms with Crippen molar-refractivity contribution < 1.29 is 85.7 Å². The first-order chi connectivity index (χ1) is 67.3. The molecule has 32 heteroatoms. The van der Waals surface area contributed by atoms with Crippen molar-refractivity contribution >= 4 is 59.1 Å². The molecule has 736 valence electrons. The zero-order valence-corrected chi connectivity index (χ0v) is 80.9. The predicted octanol–water partition coefficient (Wildman–Crippen LogP) is 18.8. The number of halogens is 3. The summed E-state index contributed by atoms with van der Waals surface area (Å²) in [6.45, 7) is 22.9. The number of aryl methyl sites for hydroxylation is 1. The Morgan fingerprint density at radius 3 is 0.972 bits per heavy atom. The maximum atomic E-state index is 13.1. The number of ketones is 1. The standard InChI is InChI=1S/C39H44N4O5.C35H33F3N4O5.C35H42N6O5/c1-5-6-7-8-34(44)28-15-13-27(14-16-28)31-24-41-36(42-25-31)29-11-9-26(10-12-29)23-33(38(48)40-22-21-35(45)46)43-37(47)30-17-19-32(20-18-30)39(2,3)4;1-35(2,3)26-12-8-24(9-13-26)33(45)42-28(34(46)39-17-16-29(43)44)18-21-4-6-23(7-5-21)32-40-19-25(20-41-32)22-10-14-27(15-11-22)47-31(38)30(36)37;1-5-6-7-8-9-29-40-34(46-41-29)26-21-37-31(38-22-26)24-12-10-23(11-13-24)20-28(33(45)36-19-18-30(42)43)39-32(44)25-14-16-27(17-15-25)35(2,3)4/h9-20,24-25,33H,5-8,21-23H2,1-4H3,(H,40,48)(H,43,47)(H,45,46);4-15,19-20,28H,16-18H2,1-3H3,(H,39,46)(H,42,45)(H,43,44);10-17,21-22,28H,5-9,18-20H2,1-4H3,(H,36,45)(H,39,44)(H,42,43)/t33-;2*28-/m000/s1. The van der Waals surface area contributed by atoms with Crippen LogP contribution < -0.4 is 36.6 Å². The van der Waals surface area contributed by atoms with Crippen molar-refractivity contribution in [2.24, 2.45) is 0 Å². The third kappa shape index (κ3) is 33.9. The third-order valence-electron chi connectivity index (χ3n) is 22.8. The quantitative estimate of drug-likeness (QED) is 0.00974. The molecule has 3 atom stereocenters. The number of rotatable bonds is 42. The van der Waals surface area contributed by atoms with Crippen LogP contribution in [0, 0.1) is 0 Å². The van der Waals surface area contributed by atoms with Crippen LogP contribution in [-0.2, 0) is 70.7 Å². The van der Waals surface area contributed by atoms with E-state index in [1.54, 1.807) is 110 Å². The van der Waals surface area contributed by atoms with Crippen LogP contribution in [0.15, 0.2) is 248 Å². The summed E-state index contributed by atoms with van der Waals surface area (Å²) in [4.78, 5) is 155. The van der Waals surface area contributed by atoms with E-state index < -0.39 is 83.6 Å². The molecule has 0 spiro atoms. The maximum Gasteiger partial charge on any atom is 0.344 e. The lowest BCUT2D eigenvalue weighted by atomic mass is 9.86. The molecule has 0 saturated heterocycles. The molecule has 0 bridgehead atoms. The molecule has 141 heavy (non-hydrogen) atoms. The van der Waals surface area contributed by atoms with Crippen LogP contribution >= 0.6 is 0 Å². The van der Waals surface area contributed by atoms with E-state index in [1.807, 2.05) is 109 Å². The van der Waals surface area contributed by atoms with Crippen molar-refractivity contribution in [3.8, 4) is 73.6 Å². The Labute approximate surface area is 817 Å². The molecule has 6 amide bonds. The zero-order valence-electron chi connectivity index (χ0n) is 80.9. The smallest absolute Gasteiger partial charge is 0.344 e. The van der Waals surface area contributed by atoms with E-state index in [2.05, 4.69) is 153 Å². The second kappa shape index (κ2) is 51.7. The van der Waals surface area contributed by atoms with Crippen LogP contribution in [0.1, 0.15) is 227 Å². The predicted molar refractivity (Wildman–Crippen MR) is 530 cm³/mol. The Bertz CT molecular complexity index is 6230. The van der Waals surface area contributed by atoms with Crippen molar-refractivity contribution in [1.29, 1.82) is 0 Å². The lowest BCUT2D eigenvalue weighted by Crippen LogP contribution is -2.48. The fourth-order valence-corrected chi connectivity index (χ4v) is 14.5. The number of Topliss-reactive ketones (excluding diaryl/α,β-unsaturated/α-hetero) is 1. The number of amides is 6. The van der Waals surface area contributed by atoms with Crippen LogP contribution in [0.5, 0.6) is 5.75 Å². The molecule has 0 saturated carbocycles. The summed E-state index contributed by atoms with van der Waals surface area (Å²) in [5.74, 6) is -3.19. The largest absolute Gasteiger partial charge is 0.481 e. The van der Waals surface area contributed by atoms with Gasteiger partial charge < -0.3 is 56.5 Å². The second-order valence-corrected chi connectivity index (χ2v) is 36.9. The Morgan fingerprint density at radius 1 is 0.355 bits per heavy atom. The van der Waals surface area contributed by atoms with E-state index in [4.69, 9.17) is 19.8 Å². The highest BCUT2D eigenvalue weighted by atomic mass is 19.3. The number of carboxylic acid groups (broad SMARTS) is 3. The summed E-state index contributed by atoms with van der Waals surface area (Å²) in [7, 11) is 0. The van der Waals surface area contributed by atoms with E-state index in [-0.39, 0.29) is 85.9 Å².